The lowest BCUT2D eigenvalue weighted by molar-refractivity contribution is 0.536. The molecule has 0 fully saturated rings. The Morgan fingerprint density at radius 2 is 1.00 bits per heavy atom. The van der Waals surface area contributed by atoms with Crippen LogP contribution < -0.4 is 5.32 Å². The zero-order chi connectivity index (χ0) is 13.3. The molecule has 1 heteroatoms. The summed E-state index contributed by atoms with van der Waals surface area (Å²) in [7, 11) is 0. The predicted molar refractivity (Wildman–Crippen MR) is 83.7 cm³/mol. The molecule has 109 valence electrons. The third-order valence-corrected chi connectivity index (χ3v) is 3.63. The second-order valence-electron chi connectivity index (χ2n) is 5.49. The zero-order valence-electron chi connectivity index (χ0n) is 13.0. The molecule has 1 radical (unpaired) electrons. The van der Waals surface area contributed by atoms with Gasteiger partial charge in [0.05, 0.1) is 0 Å². The van der Waals surface area contributed by atoms with Gasteiger partial charge in [0, 0.05) is 6.54 Å². The van der Waals surface area contributed by atoms with E-state index in [1.807, 2.05) is 6.54 Å². The topological polar surface area (TPSA) is 12.0 Å². The normalized spacial score (nSPS) is 11.0. The molecule has 0 atom stereocenters. The van der Waals surface area contributed by atoms with Gasteiger partial charge in [-0.1, -0.05) is 84.0 Å². The third kappa shape index (κ3) is 16.0. The summed E-state index contributed by atoms with van der Waals surface area (Å²) in [6.07, 6.45) is 18.7. The number of rotatable bonds is 15. The summed E-state index contributed by atoms with van der Waals surface area (Å²) in [5.74, 6) is 0. The average molecular weight is 254 g/mol. The molecular formula is C17H36N. The van der Waals surface area contributed by atoms with E-state index >= 15 is 0 Å². The highest BCUT2D eigenvalue weighted by molar-refractivity contribution is 4.54. The fourth-order valence-corrected chi connectivity index (χ4v) is 2.39. The number of nitrogens with one attached hydrogen (secondary N) is 1. The Morgan fingerprint density at radius 3 is 1.39 bits per heavy atom. The molecule has 18 heavy (non-hydrogen) atoms. The van der Waals surface area contributed by atoms with Crippen molar-refractivity contribution in [3.05, 3.63) is 6.54 Å². The van der Waals surface area contributed by atoms with Crippen LogP contribution in [0.3, 0.4) is 0 Å². The van der Waals surface area contributed by atoms with Crippen molar-refractivity contribution in [3.8, 4) is 0 Å². The van der Waals surface area contributed by atoms with Crippen molar-refractivity contribution in [1.82, 2.24) is 5.32 Å². The second kappa shape index (κ2) is 17.0. The van der Waals surface area contributed by atoms with Gasteiger partial charge in [-0.2, -0.15) is 0 Å². The quantitative estimate of drug-likeness (QED) is 0.361. The molecule has 0 aliphatic carbocycles. The minimum atomic E-state index is 1.16. The van der Waals surface area contributed by atoms with E-state index in [0.717, 1.165) is 6.54 Å². The summed E-state index contributed by atoms with van der Waals surface area (Å²) in [5.41, 5.74) is 0. The molecule has 0 aliphatic rings. The molecule has 0 saturated heterocycles. The van der Waals surface area contributed by atoms with E-state index in [4.69, 9.17) is 0 Å². The fourth-order valence-electron chi connectivity index (χ4n) is 2.39. The molecule has 0 aromatic rings. The maximum absolute atomic E-state index is 3.26. The van der Waals surface area contributed by atoms with Crippen molar-refractivity contribution in [1.29, 1.82) is 0 Å². The summed E-state index contributed by atoms with van der Waals surface area (Å²) in [6.45, 7) is 7.55. The molecule has 0 heterocycles. The second-order valence-corrected chi connectivity index (χ2v) is 5.49. The van der Waals surface area contributed by atoms with E-state index in [-0.39, 0.29) is 0 Å². The Hall–Kier alpha value is -0.0400. The molecule has 1 nitrogen and oxygen atoms in total. The van der Waals surface area contributed by atoms with Crippen LogP contribution in [0.1, 0.15) is 97.3 Å². The summed E-state index contributed by atoms with van der Waals surface area (Å²) in [4.78, 5) is 0. The van der Waals surface area contributed by atoms with Gasteiger partial charge >= 0.3 is 0 Å². The van der Waals surface area contributed by atoms with Gasteiger partial charge in [-0.25, -0.2) is 0 Å². The summed E-state index contributed by atoms with van der Waals surface area (Å²) in [6, 6.07) is 0. The molecule has 0 amide bonds. The van der Waals surface area contributed by atoms with E-state index in [1.165, 1.54) is 83.5 Å². The van der Waals surface area contributed by atoms with Gasteiger partial charge in [0.15, 0.2) is 0 Å². The van der Waals surface area contributed by atoms with Crippen molar-refractivity contribution in [2.75, 3.05) is 6.54 Å². The van der Waals surface area contributed by atoms with Crippen LogP contribution in [-0.2, 0) is 0 Å². The van der Waals surface area contributed by atoms with Crippen LogP contribution in [0.5, 0.6) is 0 Å². The van der Waals surface area contributed by atoms with Gasteiger partial charge in [0.2, 0.25) is 0 Å². The van der Waals surface area contributed by atoms with Crippen LogP contribution in [0.2, 0.25) is 0 Å². The Morgan fingerprint density at radius 1 is 0.611 bits per heavy atom. The Balaban J connectivity index is 2.86. The van der Waals surface area contributed by atoms with Crippen LogP contribution in [0.4, 0.5) is 0 Å². The summed E-state index contributed by atoms with van der Waals surface area (Å²) in [5, 5.41) is 3.26. The van der Waals surface area contributed by atoms with Crippen LogP contribution in [0.15, 0.2) is 0 Å². The summed E-state index contributed by atoms with van der Waals surface area (Å²) >= 11 is 0. The van der Waals surface area contributed by atoms with E-state index in [0.29, 0.717) is 0 Å². The van der Waals surface area contributed by atoms with E-state index in [2.05, 4.69) is 19.2 Å². The lowest BCUT2D eigenvalue weighted by Gasteiger charge is -2.03. The molecule has 0 aliphatic heterocycles. The van der Waals surface area contributed by atoms with E-state index in [9.17, 15) is 0 Å². The van der Waals surface area contributed by atoms with Gasteiger partial charge in [-0.3, -0.25) is 0 Å². The molecule has 0 unspecified atom stereocenters. The first-order chi connectivity index (χ1) is 8.91. The zero-order valence-corrected chi connectivity index (χ0v) is 13.0. The Labute approximate surface area is 116 Å². The van der Waals surface area contributed by atoms with Gasteiger partial charge in [0.1, 0.15) is 0 Å². The Kier molecular flexibility index (Phi) is 16.9. The Bertz CT molecular complexity index is 118. The first-order valence-electron chi connectivity index (χ1n) is 8.43. The molecule has 1 N–H and O–H groups in total. The monoisotopic (exact) mass is 254 g/mol. The van der Waals surface area contributed by atoms with Crippen LogP contribution in [0.25, 0.3) is 0 Å². The molecule has 0 saturated carbocycles. The van der Waals surface area contributed by atoms with Gasteiger partial charge < -0.3 is 5.32 Å². The highest BCUT2D eigenvalue weighted by Gasteiger charge is 1.93. The van der Waals surface area contributed by atoms with Crippen LogP contribution in [0, 0.1) is 6.54 Å². The predicted octanol–water partition coefficient (Wildman–Crippen LogP) is 5.85. The van der Waals surface area contributed by atoms with Crippen LogP contribution >= 0.6 is 0 Å². The van der Waals surface area contributed by atoms with Crippen molar-refractivity contribution in [3.63, 3.8) is 0 Å². The lowest BCUT2D eigenvalue weighted by Crippen LogP contribution is -2.08. The smallest absolute Gasteiger partial charge is 0.0190 e. The first kappa shape index (κ1) is 18.0. The van der Waals surface area contributed by atoms with Gasteiger partial charge in [0.25, 0.3) is 0 Å². The number of hydrogen-bond donors (Lipinski definition) is 1. The molecular weight excluding hydrogens is 218 g/mol. The van der Waals surface area contributed by atoms with Crippen molar-refractivity contribution in [2.24, 2.45) is 0 Å². The molecule has 0 spiro atoms. The lowest BCUT2D eigenvalue weighted by atomic mass is 10.0. The van der Waals surface area contributed by atoms with Crippen molar-refractivity contribution in [2.45, 2.75) is 97.3 Å². The standard InChI is InChI=1S/C17H36N/c1-3-5-6-7-8-9-10-11-12-13-14-15-16-17-18-4-2/h4,18H,3,5-17H2,1-2H3. The minimum Gasteiger partial charge on any atom is -0.313 e. The van der Waals surface area contributed by atoms with Crippen molar-refractivity contribution < 1.29 is 0 Å². The van der Waals surface area contributed by atoms with Gasteiger partial charge in [-0.15, -0.1) is 0 Å². The molecule has 0 rings (SSSR count). The third-order valence-electron chi connectivity index (χ3n) is 3.63. The van der Waals surface area contributed by atoms with Crippen LogP contribution in [-0.4, -0.2) is 6.54 Å². The SMILES string of the molecule is C[CH]NCCCCCCCCCCCCCCC. The number of unbranched alkanes of at least 4 members (excludes halogenated alkanes) is 12. The molecule has 0 aromatic heterocycles. The maximum Gasteiger partial charge on any atom is 0.0190 e. The maximum atomic E-state index is 3.26. The average Bonchev–Trinajstić information content (AvgIpc) is 2.39. The van der Waals surface area contributed by atoms with Crippen molar-refractivity contribution >= 4 is 0 Å². The highest BCUT2D eigenvalue weighted by Crippen LogP contribution is 2.12. The van der Waals surface area contributed by atoms with E-state index < -0.39 is 0 Å². The number of hydrogen-bond acceptors (Lipinski definition) is 1. The fraction of sp³-hybridized carbons (Fsp3) is 0.941. The summed E-state index contributed by atoms with van der Waals surface area (Å²) < 4.78 is 0. The molecule has 0 aromatic carbocycles. The minimum absolute atomic E-state index is 1.16. The van der Waals surface area contributed by atoms with Gasteiger partial charge in [-0.05, 0) is 19.9 Å². The molecule has 0 bridgehead atoms. The highest BCUT2D eigenvalue weighted by atomic mass is 14.8. The van der Waals surface area contributed by atoms with E-state index in [1.54, 1.807) is 0 Å². The first-order valence-corrected chi connectivity index (χ1v) is 8.43. The largest absolute Gasteiger partial charge is 0.313 e.